The van der Waals surface area contributed by atoms with E-state index in [1.807, 2.05) is 30.3 Å². The van der Waals surface area contributed by atoms with Crippen LogP contribution in [-0.4, -0.2) is 22.2 Å². The van der Waals surface area contributed by atoms with Crippen molar-refractivity contribution >= 4 is 23.3 Å². The van der Waals surface area contributed by atoms with Crippen LogP contribution in [0.25, 0.3) is 0 Å². The monoisotopic (exact) mass is 279 g/mol. The number of halogens is 1. The van der Waals surface area contributed by atoms with E-state index in [0.29, 0.717) is 17.8 Å². The fraction of sp³-hybridized carbons (Fsp3) is 0.385. The maximum absolute atomic E-state index is 5.77. The molecule has 19 heavy (non-hydrogen) atoms. The zero-order chi connectivity index (χ0) is 13.1. The van der Waals surface area contributed by atoms with Crippen LogP contribution in [0, 0.1) is 0 Å². The first-order valence-electron chi connectivity index (χ1n) is 6.22. The molecule has 2 atom stereocenters. The molecule has 6 heteroatoms. The van der Waals surface area contributed by atoms with Gasteiger partial charge in [-0.1, -0.05) is 23.3 Å². The van der Waals surface area contributed by atoms with Crippen molar-refractivity contribution in [1.82, 2.24) is 10.2 Å². The van der Waals surface area contributed by atoms with Crippen LogP contribution in [0.2, 0.25) is 0 Å². The molecule has 0 bridgehead atoms. The van der Waals surface area contributed by atoms with E-state index in [2.05, 4.69) is 15.5 Å². The second-order valence-corrected chi connectivity index (χ2v) is 4.72. The molecule has 1 saturated heterocycles. The van der Waals surface area contributed by atoms with Crippen LogP contribution in [0.5, 0.6) is 0 Å². The molecule has 2 aromatic rings. The van der Waals surface area contributed by atoms with E-state index in [1.165, 1.54) is 0 Å². The second-order valence-electron chi connectivity index (χ2n) is 4.41. The quantitative estimate of drug-likeness (QED) is 0.871. The molecule has 0 aliphatic carbocycles. The maximum atomic E-state index is 5.77. The fourth-order valence-electron chi connectivity index (χ4n) is 2.06. The molecular formula is C13H14ClN3O2. The number of alkyl halides is 1. The van der Waals surface area contributed by atoms with Gasteiger partial charge in [0.25, 0.3) is 0 Å². The Morgan fingerprint density at radius 3 is 2.79 bits per heavy atom. The highest BCUT2D eigenvalue weighted by Gasteiger charge is 2.29. The number of hydrogen-bond donors (Lipinski definition) is 1. The highest BCUT2D eigenvalue weighted by atomic mass is 35.5. The average Bonchev–Trinajstić information content (AvgIpc) is 3.08. The van der Waals surface area contributed by atoms with Gasteiger partial charge in [0.05, 0.1) is 6.10 Å². The Bertz CT molecular complexity index is 532. The van der Waals surface area contributed by atoms with Crippen LogP contribution in [0.15, 0.2) is 34.7 Å². The van der Waals surface area contributed by atoms with Gasteiger partial charge in [-0.25, -0.2) is 0 Å². The second kappa shape index (κ2) is 5.59. The van der Waals surface area contributed by atoms with E-state index in [-0.39, 0.29) is 12.2 Å². The molecule has 1 fully saturated rings. The lowest BCUT2D eigenvalue weighted by Crippen LogP contribution is -2.07. The van der Waals surface area contributed by atoms with Crippen molar-refractivity contribution in [3.05, 3.63) is 36.2 Å². The lowest BCUT2D eigenvalue weighted by atomic mass is 10.2. The smallest absolute Gasteiger partial charge is 0.320 e. The Morgan fingerprint density at radius 1 is 1.21 bits per heavy atom. The first kappa shape index (κ1) is 12.4. The van der Waals surface area contributed by atoms with Crippen LogP contribution in [0.3, 0.4) is 0 Å². The predicted molar refractivity (Wildman–Crippen MR) is 71.6 cm³/mol. The molecule has 0 amide bonds. The van der Waals surface area contributed by atoms with Crippen molar-refractivity contribution in [2.75, 3.05) is 11.2 Å². The van der Waals surface area contributed by atoms with Crippen molar-refractivity contribution in [3.63, 3.8) is 0 Å². The average molecular weight is 280 g/mol. The molecule has 1 aliphatic heterocycles. The molecular weight excluding hydrogens is 266 g/mol. The molecule has 0 spiro atoms. The number of aromatic nitrogens is 2. The molecule has 1 aliphatic rings. The van der Waals surface area contributed by atoms with Crippen molar-refractivity contribution in [1.29, 1.82) is 0 Å². The molecule has 100 valence electrons. The lowest BCUT2D eigenvalue weighted by Gasteiger charge is -2.07. The van der Waals surface area contributed by atoms with Crippen LogP contribution in [-0.2, 0) is 4.74 Å². The van der Waals surface area contributed by atoms with Gasteiger partial charge in [0.2, 0.25) is 5.89 Å². The number of rotatable bonds is 4. The normalized spacial score (nSPS) is 22.6. The first-order chi connectivity index (χ1) is 9.35. The van der Waals surface area contributed by atoms with Gasteiger partial charge in [-0.15, -0.1) is 16.7 Å². The topological polar surface area (TPSA) is 60.2 Å². The van der Waals surface area contributed by atoms with Gasteiger partial charge in [0.15, 0.2) is 0 Å². The van der Waals surface area contributed by atoms with Gasteiger partial charge in [0.1, 0.15) is 6.10 Å². The van der Waals surface area contributed by atoms with Crippen LogP contribution in [0.4, 0.5) is 11.7 Å². The first-order valence-corrected chi connectivity index (χ1v) is 6.75. The van der Waals surface area contributed by atoms with Crippen LogP contribution in [0.1, 0.15) is 24.8 Å². The molecule has 0 radical (unpaired) electrons. The molecule has 0 unspecified atom stereocenters. The number of hydrogen-bond acceptors (Lipinski definition) is 5. The zero-order valence-corrected chi connectivity index (χ0v) is 11.0. The number of ether oxygens (including phenoxy) is 1. The van der Waals surface area contributed by atoms with Crippen LogP contribution >= 0.6 is 11.6 Å². The number of nitrogens with one attached hydrogen (secondary N) is 1. The van der Waals surface area contributed by atoms with Gasteiger partial charge in [-0.2, -0.15) is 0 Å². The summed E-state index contributed by atoms with van der Waals surface area (Å²) in [4.78, 5) is 0. The lowest BCUT2D eigenvalue weighted by molar-refractivity contribution is 0.0412. The molecule has 5 nitrogen and oxygen atoms in total. The number of benzene rings is 1. The summed E-state index contributed by atoms with van der Waals surface area (Å²) in [6.45, 7) is 0. The van der Waals surface area contributed by atoms with Crippen molar-refractivity contribution in [2.45, 2.75) is 25.0 Å². The van der Waals surface area contributed by atoms with Crippen molar-refractivity contribution < 1.29 is 9.15 Å². The number of anilines is 2. The van der Waals surface area contributed by atoms with Gasteiger partial charge in [0, 0.05) is 11.6 Å². The van der Waals surface area contributed by atoms with Gasteiger partial charge < -0.3 is 14.5 Å². The molecule has 3 rings (SSSR count). The number of nitrogens with zero attached hydrogens (tertiary/aromatic N) is 2. The summed E-state index contributed by atoms with van der Waals surface area (Å²) in [5, 5.41) is 11.0. The third-order valence-electron chi connectivity index (χ3n) is 3.02. The highest BCUT2D eigenvalue weighted by molar-refractivity contribution is 6.18. The van der Waals surface area contributed by atoms with E-state index >= 15 is 0 Å². The van der Waals surface area contributed by atoms with E-state index in [0.717, 1.165) is 18.5 Å². The summed E-state index contributed by atoms with van der Waals surface area (Å²) in [5.41, 5.74) is 0.906. The van der Waals surface area contributed by atoms with E-state index < -0.39 is 0 Å². The van der Waals surface area contributed by atoms with Crippen molar-refractivity contribution in [3.8, 4) is 0 Å². The summed E-state index contributed by atoms with van der Waals surface area (Å²) in [5.74, 6) is 1.01. The third kappa shape index (κ3) is 2.88. The molecule has 1 aromatic carbocycles. The Balaban J connectivity index is 1.67. The summed E-state index contributed by atoms with van der Waals surface area (Å²) in [6.07, 6.45) is 1.74. The molecule has 0 saturated carbocycles. The standard InChI is InChI=1S/C13H14ClN3O2/c14-8-10-6-7-11(18-10)12-16-17-13(19-12)15-9-4-2-1-3-5-9/h1-5,10-11H,6-8H2,(H,15,17)/t10-,11-/m0/s1. The van der Waals surface area contributed by atoms with Gasteiger partial charge >= 0.3 is 6.01 Å². The van der Waals surface area contributed by atoms with Crippen LogP contribution < -0.4 is 5.32 Å². The predicted octanol–water partition coefficient (Wildman–Crippen LogP) is 3.27. The Kier molecular flexibility index (Phi) is 3.66. The third-order valence-corrected chi connectivity index (χ3v) is 3.36. The summed E-state index contributed by atoms with van der Waals surface area (Å²) < 4.78 is 11.3. The van der Waals surface area contributed by atoms with Gasteiger partial charge in [-0.05, 0) is 25.0 Å². The SMILES string of the molecule is ClC[C@@H]1CC[C@@H](c2nnc(Nc3ccccc3)o2)O1. The minimum atomic E-state index is -0.137. The highest BCUT2D eigenvalue weighted by Crippen LogP contribution is 2.33. The Labute approximate surface area is 115 Å². The minimum absolute atomic E-state index is 0.0871. The summed E-state index contributed by atoms with van der Waals surface area (Å²) in [6, 6.07) is 10.1. The van der Waals surface area contributed by atoms with Gasteiger partial charge in [-0.3, -0.25) is 0 Å². The summed E-state index contributed by atoms with van der Waals surface area (Å²) in [7, 11) is 0. The van der Waals surface area contributed by atoms with E-state index in [4.69, 9.17) is 20.8 Å². The van der Waals surface area contributed by atoms with Crippen molar-refractivity contribution in [2.24, 2.45) is 0 Å². The molecule has 1 N–H and O–H groups in total. The largest absolute Gasteiger partial charge is 0.405 e. The van der Waals surface area contributed by atoms with E-state index in [9.17, 15) is 0 Å². The zero-order valence-electron chi connectivity index (χ0n) is 10.3. The summed E-state index contributed by atoms with van der Waals surface area (Å²) >= 11 is 5.77. The fourth-order valence-corrected chi connectivity index (χ4v) is 2.29. The Hall–Kier alpha value is -1.59. The molecule has 2 heterocycles. The number of para-hydroxylation sites is 1. The minimum Gasteiger partial charge on any atom is -0.405 e. The Morgan fingerprint density at radius 2 is 2.05 bits per heavy atom. The van der Waals surface area contributed by atoms with E-state index in [1.54, 1.807) is 0 Å². The molecule has 1 aromatic heterocycles. The maximum Gasteiger partial charge on any atom is 0.320 e.